The molecule has 2 aromatic rings. The number of nitrogens with two attached hydrogens (primary N) is 1. The number of aromatic nitrogens is 2. The molecule has 2 N–H and O–H groups in total. The molecule has 4 heteroatoms. The Morgan fingerprint density at radius 2 is 2.17 bits per heavy atom. The molecule has 0 atom stereocenters. The molecule has 0 aliphatic carbocycles. The molecule has 0 radical (unpaired) electrons. The molecule has 2 rings (SSSR count). The number of hydrogen-bond donors (Lipinski definition) is 1. The Morgan fingerprint density at radius 1 is 1.33 bits per heavy atom. The molecule has 1 aromatic heterocycles. The number of rotatable bonds is 4. The fraction of sp³-hybridized carbons (Fsp3) is 0.286. The summed E-state index contributed by atoms with van der Waals surface area (Å²) in [6, 6.07) is 9.39. The first kappa shape index (κ1) is 12.4. The summed E-state index contributed by atoms with van der Waals surface area (Å²) in [7, 11) is 0. The summed E-state index contributed by atoms with van der Waals surface area (Å²) in [5, 5.41) is 0. The van der Waals surface area contributed by atoms with Gasteiger partial charge < -0.3 is 5.73 Å². The maximum Gasteiger partial charge on any atom is 0.253 e. The number of nitrogens with zero attached hydrogens (tertiary/aromatic N) is 2. The monoisotopic (exact) mass is 243 g/mol. The van der Waals surface area contributed by atoms with Crippen LogP contribution < -0.4 is 11.3 Å². The van der Waals surface area contributed by atoms with Gasteiger partial charge in [-0.2, -0.15) is 0 Å². The number of nitrogen functional groups attached to an aromatic ring is 1. The summed E-state index contributed by atoms with van der Waals surface area (Å²) in [6.45, 7) is 2.50. The van der Waals surface area contributed by atoms with E-state index >= 15 is 0 Å². The average Bonchev–Trinajstić information content (AvgIpc) is 2.32. The first-order chi connectivity index (χ1) is 8.65. The first-order valence-corrected chi connectivity index (χ1v) is 6.02. The van der Waals surface area contributed by atoms with Crippen molar-refractivity contribution in [3.05, 3.63) is 58.3 Å². The van der Waals surface area contributed by atoms with Crippen molar-refractivity contribution < 1.29 is 0 Å². The second kappa shape index (κ2) is 5.49. The summed E-state index contributed by atoms with van der Waals surface area (Å²) in [5.41, 5.74) is 8.46. The maximum atomic E-state index is 11.6. The summed E-state index contributed by atoms with van der Waals surface area (Å²) in [6.07, 6.45) is 3.41. The highest BCUT2D eigenvalue weighted by Gasteiger charge is 1.98. The zero-order valence-electron chi connectivity index (χ0n) is 10.5. The van der Waals surface area contributed by atoms with Crippen LogP contribution in [0.3, 0.4) is 0 Å². The van der Waals surface area contributed by atoms with Crippen molar-refractivity contribution in [2.45, 2.75) is 26.3 Å². The smallest absolute Gasteiger partial charge is 0.253 e. The molecular formula is C14H17N3O. The second-order valence-corrected chi connectivity index (χ2v) is 4.41. The van der Waals surface area contributed by atoms with Crippen LogP contribution in [0.25, 0.3) is 0 Å². The summed E-state index contributed by atoms with van der Waals surface area (Å²) < 4.78 is 1.64. The lowest BCUT2D eigenvalue weighted by atomic mass is 10.1. The molecule has 0 amide bonds. The van der Waals surface area contributed by atoms with Gasteiger partial charge in [0.2, 0.25) is 0 Å². The van der Waals surface area contributed by atoms with Crippen molar-refractivity contribution in [3.8, 4) is 0 Å². The maximum absolute atomic E-state index is 11.6. The average molecular weight is 243 g/mol. The Labute approximate surface area is 106 Å². The van der Waals surface area contributed by atoms with Gasteiger partial charge in [0.05, 0.1) is 6.33 Å². The van der Waals surface area contributed by atoms with Crippen LogP contribution in [0.5, 0.6) is 0 Å². The van der Waals surface area contributed by atoms with Gasteiger partial charge in [-0.15, -0.1) is 0 Å². The minimum Gasteiger partial charge on any atom is -0.399 e. The molecule has 18 heavy (non-hydrogen) atoms. The predicted molar refractivity (Wildman–Crippen MR) is 72.4 cm³/mol. The van der Waals surface area contributed by atoms with Crippen molar-refractivity contribution in [3.63, 3.8) is 0 Å². The van der Waals surface area contributed by atoms with Crippen LogP contribution in [0.1, 0.15) is 17.7 Å². The molecule has 94 valence electrons. The zero-order chi connectivity index (χ0) is 13.0. The number of hydrogen-bond acceptors (Lipinski definition) is 3. The van der Waals surface area contributed by atoms with Gasteiger partial charge in [0, 0.05) is 24.0 Å². The van der Waals surface area contributed by atoms with E-state index in [0.717, 1.165) is 24.2 Å². The van der Waals surface area contributed by atoms with Crippen LogP contribution in [-0.2, 0) is 13.0 Å². The van der Waals surface area contributed by atoms with Crippen LogP contribution in [0.2, 0.25) is 0 Å². The minimum absolute atomic E-state index is 0.00933. The highest BCUT2D eigenvalue weighted by Crippen LogP contribution is 2.08. The number of aryl methyl sites for hydroxylation is 3. The van der Waals surface area contributed by atoms with Gasteiger partial charge in [-0.05, 0) is 37.5 Å². The number of anilines is 1. The molecule has 0 saturated heterocycles. The van der Waals surface area contributed by atoms with Crippen molar-refractivity contribution in [2.75, 3.05) is 5.73 Å². The van der Waals surface area contributed by atoms with E-state index in [1.807, 2.05) is 31.2 Å². The molecule has 0 bridgehead atoms. The van der Waals surface area contributed by atoms with Gasteiger partial charge in [0.15, 0.2) is 0 Å². The van der Waals surface area contributed by atoms with Gasteiger partial charge >= 0.3 is 0 Å². The van der Waals surface area contributed by atoms with Crippen LogP contribution in [0.15, 0.2) is 41.5 Å². The lowest BCUT2D eigenvalue weighted by molar-refractivity contribution is 0.609. The van der Waals surface area contributed by atoms with Gasteiger partial charge in [0.25, 0.3) is 5.56 Å². The molecule has 1 heterocycles. The van der Waals surface area contributed by atoms with Gasteiger partial charge in [0.1, 0.15) is 0 Å². The van der Waals surface area contributed by atoms with E-state index < -0.39 is 0 Å². The quantitative estimate of drug-likeness (QED) is 0.832. The minimum atomic E-state index is 0.00933. The van der Waals surface area contributed by atoms with Gasteiger partial charge in [-0.1, -0.05) is 12.1 Å². The Kier molecular flexibility index (Phi) is 3.77. The third-order valence-corrected chi connectivity index (χ3v) is 2.83. The van der Waals surface area contributed by atoms with E-state index in [1.54, 1.807) is 17.0 Å². The molecular weight excluding hydrogens is 226 g/mol. The van der Waals surface area contributed by atoms with Crippen LogP contribution in [-0.4, -0.2) is 9.55 Å². The highest BCUT2D eigenvalue weighted by atomic mass is 16.1. The predicted octanol–water partition coefficient (Wildman–Crippen LogP) is 1.77. The van der Waals surface area contributed by atoms with Crippen molar-refractivity contribution in [2.24, 2.45) is 0 Å². The molecule has 0 saturated carbocycles. The lowest BCUT2D eigenvalue weighted by Crippen LogP contribution is -2.20. The standard InChI is InChI=1S/C14H17N3O/c1-11-8-14(18)17(10-16-11)7-3-5-12-4-2-6-13(15)9-12/h2,4,6,8-10H,3,5,7,15H2,1H3. The fourth-order valence-corrected chi connectivity index (χ4v) is 1.89. The fourth-order valence-electron chi connectivity index (χ4n) is 1.89. The van der Waals surface area contributed by atoms with E-state index in [2.05, 4.69) is 4.98 Å². The second-order valence-electron chi connectivity index (χ2n) is 4.41. The van der Waals surface area contributed by atoms with E-state index in [-0.39, 0.29) is 5.56 Å². The highest BCUT2D eigenvalue weighted by molar-refractivity contribution is 5.40. The van der Waals surface area contributed by atoms with Crippen molar-refractivity contribution >= 4 is 5.69 Å². The Balaban J connectivity index is 1.94. The van der Waals surface area contributed by atoms with Gasteiger partial charge in [-0.25, -0.2) is 4.98 Å². The summed E-state index contributed by atoms with van der Waals surface area (Å²) in [4.78, 5) is 15.8. The normalized spacial score (nSPS) is 10.5. The van der Waals surface area contributed by atoms with Gasteiger partial charge in [-0.3, -0.25) is 9.36 Å². The van der Waals surface area contributed by atoms with E-state index in [9.17, 15) is 4.79 Å². The molecule has 4 nitrogen and oxygen atoms in total. The van der Waals surface area contributed by atoms with E-state index in [4.69, 9.17) is 5.73 Å². The lowest BCUT2D eigenvalue weighted by Gasteiger charge is -2.05. The van der Waals surface area contributed by atoms with E-state index in [0.29, 0.717) is 6.54 Å². The Morgan fingerprint density at radius 3 is 2.89 bits per heavy atom. The van der Waals surface area contributed by atoms with Crippen molar-refractivity contribution in [1.82, 2.24) is 9.55 Å². The molecule has 0 aliphatic heterocycles. The van der Waals surface area contributed by atoms with Crippen molar-refractivity contribution in [1.29, 1.82) is 0 Å². The molecule has 0 aliphatic rings. The Bertz CT molecular complexity index is 590. The molecule has 0 fully saturated rings. The van der Waals surface area contributed by atoms with Crippen LogP contribution in [0, 0.1) is 6.92 Å². The Hall–Kier alpha value is -2.10. The SMILES string of the molecule is Cc1cc(=O)n(CCCc2cccc(N)c2)cn1. The van der Waals surface area contributed by atoms with E-state index in [1.165, 1.54) is 5.56 Å². The van der Waals surface area contributed by atoms with Crippen LogP contribution >= 0.6 is 0 Å². The summed E-state index contributed by atoms with van der Waals surface area (Å²) >= 11 is 0. The summed E-state index contributed by atoms with van der Waals surface area (Å²) in [5.74, 6) is 0. The van der Waals surface area contributed by atoms with Crippen LogP contribution in [0.4, 0.5) is 5.69 Å². The topological polar surface area (TPSA) is 60.9 Å². The number of benzene rings is 1. The third kappa shape index (κ3) is 3.20. The first-order valence-electron chi connectivity index (χ1n) is 6.02. The zero-order valence-corrected chi connectivity index (χ0v) is 10.5. The molecule has 0 unspecified atom stereocenters. The molecule has 1 aromatic carbocycles. The molecule has 0 spiro atoms. The largest absolute Gasteiger partial charge is 0.399 e. The third-order valence-electron chi connectivity index (χ3n) is 2.83.